The molecule has 1 unspecified atom stereocenters. The van der Waals surface area contributed by atoms with E-state index in [1.165, 1.54) is 6.08 Å². The van der Waals surface area contributed by atoms with Gasteiger partial charge in [-0.2, -0.15) is 0 Å². The van der Waals surface area contributed by atoms with Gasteiger partial charge in [0.1, 0.15) is 6.61 Å². The van der Waals surface area contributed by atoms with E-state index in [1.54, 1.807) is 0 Å². The summed E-state index contributed by atoms with van der Waals surface area (Å²) in [6.07, 6.45) is 8.23. The lowest BCUT2D eigenvalue weighted by molar-refractivity contribution is -0.162. The van der Waals surface area contributed by atoms with Gasteiger partial charge < -0.3 is 4.74 Å². The monoisotopic (exact) mass is 256 g/mol. The molecule has 0 heterocycles. The third kappa shape index (κ3) is 3.82. The molecule has 1 fully saturated rings. The topological polar surface area (TPSA) is 26.3 Å². The third-order valence-corrected chi connectivity index (χ3v) is 3.82. The van der Waals surface area contributed by atoms with Gasteiger partial charge in [-0.3, -0.25) is 0 Å². The van der Waals surface area contributed by atoms with Gasteiger partial charge in [0.15, 0.2) is 0 Å². The number of esters is 1. The lowest BCUT2D eigenvalue weighted by Gasteiger charge is -2.34. The fourth-order valence-corrected chi connectivity index (χ4v) is 2.72. The first-order valence-electron chi connectivity index (χ1n) is 7.12. The van der Waals surface area contributed by atoms with Crippen LogP contribution in [0.25, 0.3) is 0 Å². The summed E-state index contributed by atoms with van der Waals surface area (Å²) in [4.78, 5) is 12.0. The molecular formula is C15H25FO2. The number of ether oxygens (including phenoxy) is 1. The van der Waals surface area contributed by atoms with Gasteiger partial charge in [-0.25, -0.2) is 9.18 Å². The molecule has 0 aliphatic heterocycles. The van der Waals surface area contributed by atoms with Crippen LogP contribution >= 0.6 is 0 Å². The van der Waals surface area contributed by atoms with Gasteiger partial charge in [-0.05, 0) is 25.7 Å². The molecule has 0 N–H and O–H groups in total. The van der Waals surface area contributed by atoms with E-state index in [2.05, 4.69) is 6.58 Å². The van der Waals surface area contributed by atoms with Gasteiger partial charge in [0, 0.05) is 5.92 Å². The second-order valence-electron chi connectivity index (χ2n) is 5.19. The van der Waals surface area contributed by atoms with Crippen LogP contribution in [-0.4, -0.2) is 18.2 Å². The van der Waals surface area contributed by atoms with Gasteiger partial charge >= 0.3 is 5.97 Å². The van der Waals surface area contributed by atoms with Crippen LogP contribution in [0.5, 0.6) is 0 Å². The molecule has 1 aliphatic carbocycles. The average molecular weight is 256 g/mol. The fraction of sp³-hybridized carbons (Fsp3) is 0.800. The van der Waals surface area contributed by atoms with Crippen LogP contribution in [0.2, 0.25) is 0 Å². The van der Waals surface area contributed by atoms with Gasteiger partial charge in [0.2, 0.25) is 5.67 Å². The Morgan fingerprint density at radius 2 is 2.11 bits per heavy atom. The Kier molecular flexibility index (Phi) is 6.37. The van der Waals surface area contributed by atoms with Crippen molar-refractivity contribution in [1.29, 1.82) is 0 Å². The summed E-state index contributed by atoms with van der Waals surface area (Å²) in [6, 6.07) is 0. The van der Waals surface area contributed by atoms with Crippen LogP contribution in [0, 0.1) is 5.92 Å². The van der Waals surface area contributed by atoms with Gasteiger partial charge in [0.05, 0.1) is 0 Å². The zero-order chi connectivity index (χ0) is 13.4. The quantitative estimate of drug-likeness (QED) is 0.504. The number of rotatable bonds is 7. The second kappa shape index (κ2) is 7.55. The highest BCUT2D eigenvalue weighted by molar-refractivity contribution is 5.80. The van der Waals surface area contributed by atoms with Crippen LogP contribution in [0.1, 0.15) is 58.3 Å². The number of halogens is 1. The first kappa shape index (κ1) is 15.2. The second-order valence-corrected chi connectivity index (χ2v) is 5.19. The molecule has 0 radical (unpaired) electrons. The molecule has 1 aliphatic rings. The maximum atomic E-state index is 15.1. The third-order valence-electron chi connectivity index (χ3n) is 3.82. The standard InChI is InChI=1S/C15H25FO2/c1-3-5-11-15(16,14(17)18-12-4-2)13-9-7-6-8-10-13/h4,13H,2-3,5-12H2,1H3. The number of hydrogen-bond acceptors (Lipinski definition) is 2. The lowest BCUT2D eigenvalue weighted by atomic mass is 9.75. The zero-order valence-electron chi connectivity index (χ0n) is 11.4. The zero-order valence-corrected chi connectivity index (χ0v) is 11.4. The van der Waals surface area contributed by atoms with E-state index in [1.807, 2.05) is 6.92 Å². The molecule has 0 amide bonds. The molecule has 104 valence electrons. The van der Waals surface area contributed by atoms with E-state index in [0.717, 1.165) is 44.9 Å². The Morgan fingerprint density at radius 3 is 2.67 bits per heavy atom. The van der Waals surface area contributed by atoms with Crippen molar-refractivity contribution >= 4 is 5.97 Å². The number of alkyl halides is 1. The van der Waals surface area contributed by atoms with E-state index in [0.29, 0.717) is 6.42 Å². The van der Waals surface area contributed by atoms with E-state index in [-0.39, 0.29) is 12.5 Å². The number of unbranched alkanes of at least 4 members (excludes halogenated alkanes) is 1. The van der Waals surface area contributed by atoms with Gasteiger partial charge in [-0.15, -0.1) is 0 Å². The van der Waals surface area contributed by atoms with Crippen LogP contribution in [-0.2, 0) is 9.53 Å². The largest absolute Gasteiger partial charge is 0.459 e. The van der Waals surface area contributed by atoms with Crippen molar-refractivity contribution in [2.75, 3.05) is 6.61 Å². The van der Waals surface area contributed by atoms with Crippen molar-refractivity contribution in [1.82, 2.24) is 0 Å². The fourth-order valence-electron chi connectivity index (χ4n) is 2.72. The summed E-state index contributed by atoms with van der Waals surface area (Å²) in [5.74, 6) is -0.835. The molecule has 0 spiro atoms. The Bertz CT molecular complexity index is 272. The van der Waals surface area contributed by atoms with Gasteiger partial charge in [0.25, 0.3) is 0 Å². The maximum Gasteiger partial charge on any atom is 0.344 e. The van der Waals surface area contributed by atoms with Crippen molar-refractivity contribution in [3.63, 3.8) is 0 Å². The molecule has 3 heteroatoms. The molecule has 0 saturated heterocycles. The smallest absolute Gasteiger partial charge is 0.344 e. The Hall–Kier alpha value is -0.860. The molecule has 1 saturated carbocycles. The Balaban J connectivity index is 2.71. The molecule has 1 atom stereocenters. The van der Waals surface area contributed by atoms with E-state index in [9.17, 15) is 4.79 Å². The molecule has 0 bridgehead atoms. The molecule has 18 heavy (non-hydrogen) atoms. The van der Waals surface area contributed by atoms with Crippen LogP contribution < -0.4 is 0 Å². The van der Waals surface area contributed by atoms with Crippen LogP contribution in [0.3, 0.4) is 0 Å². The minimum atomic E-state index is -1.78. The van der Waals surface area contributed by atoms with Crippen molar-refractivity contribution in [3.8, 4) is 0 Å². The minimum Gasteiger partial charge on any atom is -0.459 e. The first-order valence-corrected chi connectivity index (χ1v) is 7.12. The molecule has 2 nitrogen and oxygen atoms in total. The average Bonchev–Trinajstić information content (AvgIpc) is 2.43. The highest BCUT2D eigenvalue weighted by Gasteiger charge is 2.47. The van der Waals surface area contributed by atoms with Crippen molar-refractivity contribution in [2.24, 2.45) is 5.92 Å². The van der Waals surface area contributed by atoms with Crippen LogP contribution in [0.15, 0.2) is 12.7 Å². The van der Waals surface area contributed by atoms with E-state index < -0.39 is 11.6 Å². The maximum absolute atomic E-state index is 15.1. The van der Waals surface area contributed by atoms with E-state index >= 15 is 4.39 Å². The highest BCUT2D eigenvalue weighted by atomic mass is 19.1. The molecule has 1 rings (SSSR count). The lowest BCUT2D eigenvalue weighted by Crippen LogP contribution is -2.44. The molecule has 0 aromatic rings. The SMILES string of the molecule is C=CCOC(=O)C(F)(CCCC)C1CCCCC1. The minimum absolute atomic E-state index is 0.101. The predicted molar refractivity (Wildman–Crippen MR) is 71.1 cm³/mol. The van der Waals surface area contributed by atoms with E-state index in [4.69, 9.17) is 4.74 Å². The van der Waals surface area contributed by atoms with Crippen molar-refractivity contribution < 1.29 is 13.9 Å². The summed E-state index contributed by atoms with van der Waals surface area (Å²) in [5.41, 5.74) is -1.78. The summed E-state index contributed by atoms with van der Waals surface area (Å²) in [5, 5.41) is 0. The highest BCUT2D eigenvalue weighted by Crippen LogP contribution is 2.39. The summed E-state index contributed by atoms with van der Waals surface area (Å²) < 4.78 is 20.0. The number of carbonyl (C=O) groups is 1. The normalized spacial score (nSPS) is 20.1. The molecular weight excluding hydrogens is 231 g/mol. The summed E-state index contributed by atoms with van der Waals surface area (Å²) in [7, 11) is 0. The number of carbonyl (C=O) groups excluding carboxylic acids is 1. The van der Waals surface area contributed by atoms with Gasteiger partial charge in [-0.1, -0.05) is 45.3 Å². The van der Waals surface area contributed by atoms with Crippen molar-refractivity contribution in [3.05, 3.63) is 12.7 Å². The Labute approximate surface area is 110 Å². The number of hydrogen-bond donors (Lipinski definition) is 0. The Morgan fingerprint density at radius 1 is 1.44 bits per heavy atom. The molecule has 0 aromatic carbocycles. The van der Waals surface area contributed by atoms with Crippen molar-refractivity contribution in [2.45, 2.75) is 64.0 Å². The predicted octanol–water partition coefficient (Wildman–Crippen LogP) is 4.19. The summed E-state index contributed by atoms with van der Waals surface area (Å²) >= 11 is 0. The van der Waals surface area contributed by atoms with Crippen LogP contribution in [0.4, 0.5) is 4.39 Å². The molecule has 0 aromatic heterocycles. The first-order chi connectivity index (χ1) is 8.65. The summed E-state index contributed by atoms with van der Waals surface area (Å²) in [6.45, 7) is 5.60.